The molecule has 0 aliphatic rings. The van der Waals surface area contributed by atoms with E-state index in [0.717, 1.165) is 11.9 Å². The number of Topliss-reactive ketones (excluding diaryl/α,β-unsaturated/α-hetero) is 1. The number of amides is 1. The van der Waals surface area contributed by atoms with Gasteiger partial charge in [0.1, 0.15) is 0 Å². The molecule has 24 heavy (non-hydrogen) atoms. The van der Waals surface area contributed by atoms with Crippen molar-refractivity contribution in [2.75, 3.05) is 6.54 Å². The normalized spacial score (nSPS) is 10.9. The average molecular weight is 361 g/mol. The number of carbonyl (C=O) groups is 2. The van der Waals surface area contributed by atoms with Crippen molar-refractivity contribution in [3.8, 4) is 0 Å². The summed E-state index contributed by atoms with van der Waals surface area (Å²) >= 11 is 7.06. The zero-order chi connectivity index (χ0) is 16.9. The van der Waals surface area contributed by atoms with Gasteiger partial charge in [0, 0.05) is 36.5 Å². The topological polar surface area (TPSA) is 62.0 Å². The second kappa shape index (κ2) is 7.64. The smallest absolute Gasteiger partial charge is 0.220 e. The molecule has 0 aliphatic carbocycles. The fourth-order valence-electron chi connectivity index (χ4n) is 2.58. The molecular formula is C18H17ClN2O2S. The van der Waals surface area contributed by atoms with Crippen molar-refractivity contribution in [2.45, 2.75) is 19.3 Å². The number of para-hydroxylation sites is 1. The van der Waals surface area contributed by atoms with Gasteiger partial charge in [0.15, 0.2) is 5.78 Å². The average Bonchev–Trinajstić information content (AvgIpc) is 3.19. The first-order valence-electron chi connectivity index (χ1n) is 7.74. The van der Waals surface area contributed by atoms with E-state index < -0.39 is 0 Å². The Morgan fingerprint density at radius 1 is 1.12 bits per heavy atom. The SMILES string of the molecule is O=C(CCC(=O)c1ccc(Cl)s1)NCCc1c[nH]c2ccccc12. The first kappa shape index (κ1) is 16.7. The van der Waals surface area contributed by atoms with Crippen molar-refractivity contribution in [1.82, 2.24) is 10.3 Å². The zero-order valence-electron chi connectivity index (χ0n) is 13.0. The first-order valence-corrected chi connectivity index (χ1v) is 8.93. The minimum atomic E-state index is -0.106. The Labute approximate surface area is 148 Å². The van der Waals surface area contributed by atoms with Crippen LogP contribution >= 0.6 is 22.9 Å². The third-order valence-corrected chi connectivity index (χ3v) is 5.09. The van der Waals surface area contributed by atoms with Gasteiger partial charge < -0.3 is 10.3 Å². The molecular weight excluding hydrogens is 344 g/mol. The van der Waals surface area contributed by atoms with Crippen molar-refractivity contribution in [3.63, 3.8) is 0 Å². The van der Waals surface area contributed by atoms with Gasteiger partial charge in [-0.1, -0.05) is 29.8 Å². The van der Waals surface area contributed by atoms with Crippen molar-refractivity contribution in [2.24, 2.45) is 0 Å². The summed E-state index contributed by atoms with van der Waals surface area (Å²) < 4.78 is 0.585. The summed E-state index contributed by atoms with van der Waals surface area (Å²) in [4.78, 5) is 27.6. The summed E-state index contributed by atoms with van der Waals surface area (Å²) in [6.45, 7) is 0.555. The van der Waals surface area contributed by atoms with Gasteiger partial charge in [0.05, 0.1) is 9.21 Å². The largest absolute Gasteiger partial charge is 0.361 e. The Kier molecular flexibility index (Phi) is 5.33. The minimum Gasteiger partial charge on any atom is -0.361 e. The molecule has 0 aliphatic heterocycles. The maximum atomic E-state index is 11.9. The molecule has 0 bridgehead atoms. The van der Waals surface area contributed by atoms with Crippen LogP contribution in [0.4, 0.5) is 0 Å². The number of aromatic amines is 1. The van der Waals surface area contributed by atoms with Crippen LogP contribution in [0.15, 0.2) is 42.6 Å². The lowest BCUT2D eigenvalue weighted by Gasteiger charge is -2.04. The number of H-pyrrole nitrogens is 1. The third-order valence-electron chi connectivity index (χ3n) is 3.82. The van der Waals surface area contributed by atoms with Crippen LogP contribution in [0.5, 0.6) is 0 Å². The van der Waals surface area contributed by atoms with E-state index in [0.29, 0.717) is 15.8 Å². The number of ketones is 1. The van der Waals surface area contributed by atoms with Gasteiger partial charge >= 0.3 is 0 Å². The van der Waals surface area contributed by atoms with Crippen LogP contribution in [0.3, 0.4) is 0 Å². The second-order valence-electron chi connectivity index (χ2n) is 5.49. The van der Waals surface area contributed by atoms with Crippen molar-refractivity contribution in [1.29, 1.82) is 0 Å². The van der Waals surface area contributed by atoms with Crippen molar-refractivity contribution >= 4 is 45.5 Å². The van der Waals surface area contributed by atoms with Gasteiger partial charge in [-0.15, -0.1) is 11.3 Å². The lowest BCUT2D eigenvalue weighted by Crippen LogP contribution is -2.25. The molecule has 1 amide bonds. The molecule has 1 aromatic carbocycles. The summed E-state index contributed by atoms with van der Waals surface area (Å²) in [5, 5.41) is 4.05. The van der Waals surface area contributed by atoms with Gasteiger partial charge in [-0.05, 0) is 30.2 Å². The Balaban J connectivity index is 1.43. The molecule has 0 saturated carbocycles. The highest BCUT2D eigenvalue weighted by molar-refractivity contribution is 7.18. The van der Waals surface area contributed by atoms with Crippen LogP contribution in [0, 0.1) is 0 Å². The maximum Gasteiger partial charge on any atom is 0.220 e. The summed E-state index contributed by atoms with van der Waals surface area (Å²) in [5.41, 5.74) is 2.27. The Hall–Kier alpha value is -2.11. The number of nitrogens with one attached hydrogen (secondary N) is 2. The van der Waals surface area contributed by atoms with Gasteiger partial charge in [0.2, 0.25) is 5.91 Å². The van der Waals surface area contributed by atoms with Crippen LogP contribution in [-0.4, -0.2) is 23.2 Å². The molecule has 124 valence electrons. The molecule has 6 heteroatoms. The minimum absolute atomic E-state index is 0.0429. The third kappa shape index (κ3) is 4.04. The fraction of sp³-hybridized carbons (Fsp3) is 0.222. The quantitative estimate of drug-likeness (QED) is 0.620. The molecule has 0 fully saturated rings. The molecule has 0 spiro atoms. The molecule has 2 aromatic heterocycles. The van der Waals surface area contributed by atoms with E-state index in [2.05, 4.69) is 16.4 Å². The highest BCUT2D eigenvalue weighted by Gasteiger charge is 2.11. The van der Waals surface area contributed by atoms with Gasteiger partial charge in [0.25, 0.3) is 0 Å². The predicted octanol–water partition coefficient (Wildman–Crippen LogP) is 4.20. The monoisotopic (exact) mass is 360 g/mol. The number of fused-ring (bicyclic) bond motifs is 1. The zero-order valence-corrected chi connectivity index (χ0v) is 14.5. The number of rotatable bonds is 7. The molecule has 0 atom stereocenters. The van der Waals surface area contributed by atoms with E-state index in [1.165, 1.54) is 22.3 Å². The maximum absolute atomic E-state index is 11.9. The van der Waals surface area contributed by atoms with Crippen molar-refractivity contribution in [3.05, 3.63) is 57.4 Å². The predicted molar refractivity (Wildman–Crippen MR) is 97.9 cm³/mol. The molecule has 2 N–H and O–H groups in total. The molecule has 3 aromatic rings. The highest BCUT2D eigenvalue weighted by atomic mass is 35.5. The second-order valence-corrected chi connectivity index (χ2v) is 7.20. The van der Waals surface area contributed by atoms with Crippen LogP contribution in [0.25, 0.3) is 10.9 Å². The molecule has 0 unspecified atom stereocenters. The molecule has 4 nitrogen and oxygen atoms in total. The first-order chi connectivity index (χ1) is 11.6. The number of halogens is 1. The molecule has 2 heterocycles. The standard InChI is InChI=1S/C18H17ClN2O2S/c19-17-7-6-16(24-17)15(22)5-8-18(23)20-10-9-12-11-21-14-4-2-1-3-13(12)14/h1-4,6-7,11,21H,5,8-10H2,(H,20,23). The lowest BCUT2D eigenvalue weighted by atomic mass is 10.1. The lowest BCUT2D eigenvalue weighted by molar-refractivity contribution is -0.121. The van der Waals surface area contributed by atoms with Crippen molar-refractivity contribution < 1.29 is 9.59 Å². The summed E-state index contributed by atoms with van der Waals surface area (Å²) in [6.07, 6.45) is 3.13. The Morgan fingerprint density at radius 3 is 2.75 bits per heavy atom. The summed E-state index contributed by atoms with van der Waals surface area (Å²) in [5.74, 6) is -0.149. The van der Waals surface area contributed by atoms with Crippen LogP contribution in [0.1, 0.15) is 28.1 Å². The van der Waals surface area contributed by atoms with E-state index in [1.807, 2.05) is 24.4 Å². The highest BCUT2D eigenvalue weighted by Crippen LogP contribution is 2.23. The molecule has 0 radical (unpaired) electrons. The fourth-order valence-corrected chi connectivity index (χ4v) is 3.59. The van der Waals surface area contributed by atoms with Crippen LogP contribution in [-0.2, 0) is 11.2 Å². The summed E-state index contributed by atoms with van der Waals surface area (Å²) in [7, 11) is 0. The van der Waals surface area contributed by atoms with E-state index in [-0.39, 0.29) is 24.5 Å². The number of hydrogen-bond donors (Lipinski definition) is 2. The van der Waals surface area contributed by atoms with Gasteiger partial charge in [-0.2, -0.15) is 0 Å². The molecule has 0 saturated heterocycles. The van der Waals surface area contributed by atoms with E-state index in [9.17, 15) is 9.59 Å². The summed E-state index contributed by atoms with van der Waals surface area (Å²) in [6, 6.07) is 11.5. The van der Waals surface area contributed by atoms with E-state index in [4.69, 9.17) is 11.6 Å². The van der Waals surface area contributed by atoms with Gasteiger partial charge in [-0.3, -0.25) is 9.59 Å². The number of carbonyl (C=O) groups excluding carboxylic acids is 2. The number of aromatic nitrogens is 1. The van der Waals surface area contributed by atoms with E-state index >= 15 is 0 Å². The van der Waals surface area contributed by atoms with Crippen LogP contribution < -0.4 is 5.32 Å². The molecule has 3 rings (SSSR count). The number of thiophene rings is 1. The van der Waals surface area contributed by atoms with Crippen LogP contribution in [0.2, 0.25) is 4.34 Å². The number of benzene rings is 1. The van der Waals surface area contributed by atoms with E-state index in [1.54, 1.807) is 12.1 Å². The Bertz CT molecular complexity index is 869. The number of hydrogen-bond acceptors (Lipinski definition) is 3. The van der Waals surface area contributed by atoms with Gasteiger partial charge in [-0.25, -0.2) is 0 Å². The Morgan fingerprint density at radius 2 is 1.96 bits per heavy atom.